The van der Waals surface area contributed by atoms with Gasteiger partial charge in [-0.1, -0.05) is 170 Å². The van der Waals surface area contributed by atoms with Crippen molar-refractivity contribution < 1.29 is 13.2 Å². The lowest BCUT2D eigenvalue weighted by Gasteiger charge is -2.33. The van der Waals surface area contributed by atoms with Crippen LogP contribution in [0.25, 0.3) is 0 Å². The van der Waals surface area contributed by atoms with Crippen molar-refractivity contribution in [1.29, 1.82) is 0 Å². The zero-order valence-electron chi connectivity index (χ0n) is 25.6. The Kier molecular flexibility index (Phi) is 9.72. The third kappa shape index (κ3) is 6.80. The van der Waals surface area contributed by atoms with E-state index in [1.54, 1.807) is 18.2 Å². The Hall–Kier alpha value is -5.29. The third-order valence-electron chi connectivity index (χ3n) is 7.93. The summed E-state index contributed by atoms with van der Waals surface area (Å²) in [4.78, 5) is 17.7. The molecule has 0 saturated heterocycles. The average molecular weight is 653 g/mol. The van der Waals surface area contributed by atoms with E-state index in [1.807, 2.05) is 115 Å². The maximum Gasteiger partial charge on any atom is 0.276 e. The molecule has 1 N–H and O–H groups in total. The summed E-state index contributed by atoms with van der Waals surface area (Å²) in [5.74, 6) is -0.120. The number of hydrogen-bond donors (Lipinski definition) is 1. The van der Waals surface area contributed by atoms with Crippen LogP contribution in [-0.2, 0) is 10.0 Å². The van der Waals surface area contributed by atoms with Crippen LogP contribution in [0.1, 0.15) is 22.3 Å². The fourth-order valence-electron chi connectivity index (χ4n) is 5.74. The Morgan fingerprint density at radius 3 is 1.30 bits per heavy atom. The minimum absolute atomic E-state index is 0.0848. The molecular weight excluding hydrogens is 619 g/mol. The van der Waals surface area contributed by atoms with Gasteiger partial charge in [0.1, 0.15) is 0 Å². The summed E-state index contributed by atoms with van der Waals surface area (Å²) in [5, 5.41) is 8.23. The lowest BCUT2D eigenvalue weighted by atomic mass is 10.0. The molecule has 0 atom stereocenters. The van der Waals surface area contributed by atoms with E-state index in [0.717, 1.165) is 15.9 Å². The summed E-state index contributed by atoms with van der Waals surface area (Å²) < 4.78 is 26.8. The fraction of sp³-hybridized carbons (Fsp3) is 0.0250. The average Bonchev–Trinajstić information content (AvgIpc) is 3.15. The summed E-state index contributed by atoms with van der Waals surface area (Å²) in [6, 6.07) is 57.3. The van der Waals surface area contributed by atoms with E-state index in [2.05, 4.69) is 46.3 Å². The zero-order chi connectivity index (χ0) is 32.5. The van der Waals surface area contributed by atoms with Gasteiger partial charge in [-0.25, -0.2) is 0 Å². The highest BCUT2D eigenvalue weighted by Gasteiger charge is 2.34. The molecular formula is C40H33N2O3PS. The van der Waals surface area contributed by atoms with Gasteiger partial charge in [-0.15, -0.1) is 0 Å². The zero-order valence-corrected chi connectivity index (χ0v) is 27.3. The summed E-state index contributed by atoms with van der Waals surface area (Å²) >= 11 is 0. The van der Waals surface area contributed by atoms with Gasteiger partial charge in [0, 0.05) is 17.3 Å². The minimum atomic E-state index is -3.99. The molecule has 0 fully saturated rings. The van der Waals surface area contributed by atoms with Crippen LogP contribution in [0, 0.1) is 0 Å². The number of sulfonamides is 1. The fourth-order valence-corrected chi connectivity index (χ4v) is 11.1. The van der Waals surface area contributed by atoms with Crippen LogP contribution < -0.4 is 20.7 Å². The van der Waals surface area contributed by atoms with Gasteiger partial charge in [-0.05, 0) is 40.5 Å². The van der Waals surface area contributed by atoms with E-state index in [-0.39, 0.29) is 17.1 Å². The number of Topliss-reactive ketones (excluding diaryl/α,β-unsaturated/α-hetero) is 1. The summed E-state index contributed by atoms with van der Waals surface area (Å²) in [6.45, 7) is -2.87. The first-order valence-corrected chi connectivity index (χ1v) is 18.5. The van der Waals surface area contributed by atoms with Crippen LogP contribution in [0.2, 0.25) is 0 Å². The lowest BCUT2D eigenvalue weighted by Crippen LogP contribution is -2.35. The number of carbonyl (C=O) groups excluding carboxylic acids is 1. The molecule has 0 bridgehead atoms. The Balaban J connectivity index is 1.70. The topological polar surface area (TPSA) is 75.6 Å². The second kappa shape index (κ2) is 14.4. The summed E-state index contributed by atoms with van der Waals surface area (Å²) in [6.07, 6.45) is 0.0848. The molecule has 0 aliphatic rings. The van der Waals surface area contributed by atoms with Crippen molar-refractivity contribution in [3.05, 3.63) is 193 Å². The Bertz CT molecular complexity index is 2040. The quantitative estimate of drug-likeness (QED) is 0.0724. The first-order chi connectivity index (χ1) is 23.0. The summed E-state index contributed by atoms with van der Waals surface area (Å²) in [5.41, 5.74) is 1.68. The first-order valence-electron chi connectivity index (χ1n) is 15.2. The predicted octanol–water partition coefficient (Wildman–Crippen LogP) is 6.81. The van der Waals surface area contributed by atoms with Gasteiger partial charge in [0.15, 0.2) is 5.78 Å². The lowest BCUT2D eigenvalue weighted by molar-refractivity contribution is 0.106. The predicted molar refractivity (Wildman–Crippen MR) is 195 cm³/mol. The normalized spacial score (nSPS) is 11.9. The smallest absolute Gasteiger partial charge is 0.276 e. The van der Waals surface area contributed by atoms with Crippen molar-refractivity contribution in [3.63, 3.8) is 0 Å². The van der Waals surface area contributed by atoms with Gasteiger partial charge in [0.25, 0.3) is 10.0 Å². The van der Waals surface area contributed by atoms with Gasteiger partial charge in [-0.3, -0.25) is 4.79 Å². The molecule has 6 aromatic carbocycles. The van der Waals surface area contributed by atoms with E-state index in [1.165, 1.54) is 12.1 Å². The molecule has 5 nitrogen and oxygen atoms in total. The van der Waals surface area contributed by atoms with Crippen molar-refractivity contribution in [2.75, 3.05) is 0 Å². The number of carbonyl (C=O) groups is 1. The first kappa shape index (κ1) is 31.7. The standard InChI is InChI=1S/C40H33N2O3PS/c43-40(33-21-9-2-10-22-33)39(31-38(32-19-7-1-8-20-32)41-42-47(44,45)37-29-17-6-18-30-37)46(34-23-11-3-12-24-34,35-25-13-4-14-26-35)36-27-15-5-16-28-36/h1-30,42H,31H2/b41-38+. The molecule has 0 radical (unpaired) electrons. The van der Waals surface area contributed by atoms with Crippen LogP contribution >= 0.6 is 6.89 Å². The highest BCUT2D eigenvalue weighted by Crippen LogP contribution is 2.47. The van der Waals surface area contributed by atoms with Crippen molar-refractivity contribution >= 4 is 49.6 Å². The third-order valence-corrected chi connectivity index (χ3v) is 13.5. The Morgan fingerprint density at radius 2 is 0.872 bits per heavy atom. The number of rotatable bonds is 11. The van der Waals surface area contributed by atoms with Crippen molar-refractivity contribution in [1.82, 2.24) is 4.83 Å². The number of nitrogens with zero attached hydrogens (tertiary/aromatic N) is 1. The molecule has 6 aromatic rings. The van der Waals surface area contributed by atoms with Gasteiger partial charge in [0.2, 0.25) is 0 Å². The van der Waals surface area contributed by atoms with E-state index in [0.29, 0.717) is 22.1 Å². The molecule has 232 valence electrons. The molecule has 0 unspecified atom stereocenters. The van der Waals surface area contributed by atoms with Crippen molar-refractivity contribution in [2.45, 2.75) is 11.3 Å². The highest BCUT2D eigenvalue weighted by atomic mass is 32.2. The molecule has 0 aliphatic carbocycles. The molecule has 0 spiro atoms. The molecule has 0 saturated carbocycles. The number of hydrazone groups is 1. The second-order valence-corrected chi connectivity index (χ2v) is 15.9. The van der Waals surface area contributed by atoms with Gasteiger partial charge in [-0.2, -0.15) is 18.4 Å². The highest BCUT2D eigenvalue weighted by molar-refractivity contribution is 7.96. The number of hydrogen-bond acceptors (Lipinski definition) is 4. The van der Waals surface area contributed by atoms with E-state index < -0.39 is 16.9 Å². The Labute approximate surface area is 276 Å². The second-order valence-electron chi connectivity index (χ2n) is 10.8. The van der Waals surface area contributed by atoms with Crippen LogP contribution in [0.4, 0.5) is 0 Å². The van der Waals surface area contributed by atoms with Crippen molar-refractivity contribution in [2.24, 2.45) is 5.10 Å². The maximum atomic E-state index is 15.1. The SMILES string of the molecule is O=C(C(C/C(=N\NS(=O)(=O)c1ccccc1)c1ccccc1)=P(c1ccccc1)(c1ccccc1)c1ccccc1)c1ccccc1. The van der Waals surface area contributed by atoms with E-state index >= 15 is 4.79 Å². The molecule has 0 aliphatic heterocycles. The Morgan fingerprint density at radius 1 is 0.511 bits per heavy atom. The molecule has 47 heavy (non-hydrogen) atoms. The van der Waals surface area contributed by atoms with Gasteiger partial charge in [0.05, 0.1) is 10.6 Å². The molecule has 0 aromatic heterocycles. The molecule has 0 heterocycles. The number of nitrogens with one attached hydrogen (secondary N) is 1. The largest absolute Gasteiger partial charge is 0.289 e. The van der Waals surface area contributed by atoms with E-state index in [4.69, 9.17) is 0 Å². The number of ketones is 1. The van der Waals surface area contributed by atoms with Gasteiger partial charge < -0.3 is 0 Å². The van der Waals surface area contributed by atoms with Crippen molar-refractivity contribution in [3.8, 4) is 0 Å². The molecule has 7 heteroatoms. The van der Waals surface area contributed by atoms with Crippen LogP contribution in [0.15, 0.2) is 192 Å². The number of benzene rings is 6. The molecule has 0 amide bonds. The monoisotopic (exact) mass is 652 g/mol. The van der Waals surface area contributed by atoms with Gasteiger partial charge >= 0.3 is 0 Å². The maximum absolute atomic E-state index is 15.1. The summed E-state index contributed by atoms with van der Waals surface area (Å²) in [7, 11) is -3.99. The minimum Gasteiger partial charge on any atom is -0.289 e. The van der Waals surface area contributed by atoms with E-state index in [9.17, 15) is 8.42 Å². The van der Waals surface area contributed by atoms with Crippen LogP contribution in [-0.4, -0.2) is 25.2 Å². The van der Waals surface area contributed by atoms with Crippen LogP contribution in [0.5, 0.6) is 0 Å². The van der Waals surface area contributed by atoms with Crippen LogP contribution in [0.3, 0.4) is 0 Å². The molecule has 6 rings (SSSR count).